The Morgan fingerprint density at radius 1 is 1.21 bits per heavy atom. The molecule has 0 saturated heterocycles. The highest BCUT2D eigenvalue weighted by Gasteiger charge is 2.33. The number of amides is 1. The van der Waals surface area contributed by atoms with Crippen LogP contribution in [0.3, 0.4) is 0 Å². The molecule has 1 aliphatic rings. The predicted molar refractivity (Wildman–Crippen MR) is 71.8 cm³/mol. The van der Waals surface area contributed by atoms with E-state index in [9.17, 15) is 9.59 Å². The third-order valence-electron chi connectivity index (χ3n) is 3.31. The number of carbonyl (C=O) groups is 2. The summed E-state index contributed by atoms with van der Waals surface area (Å²) in [7, 11) is 0. The van der Waals surface area contributed by atoms with Crippen molar-refractivity contribution in [2.75, 3.05) is 6.54 Å². The van der Waals surface area contributed by atoms with Crippen molar-refractivity contribution in [1.82, 2.24) is 4.90 Å². The number of hydrogen-bond donors (Lipinski definition) is 1. The third-order valence-corrected chi connectivity index (χ3v) is 3.31. The van der Waals surface area contributed by atoms with Crippen molar-refractivity contribution in [2.24, 2.45) is 0 Å². The van der Waals surface area contributed by atoms with Crippen molar-refractivity contribution in [2.45, 2.75) is 38.1 Å². The van der Waals surface area contributed by atoms with Crippen LogP contribution in [-0.4, -0.2) is 34.5 Å². The van der Waals surface area contributed by atoms with Crippen LogP contribution in [0, 0.1) is 0 Å². The Morgan fingerprint density at radius 2 is 1.89 bits per heavy atom. The first-order valence-electron chi connectivity index (χ1n) is 6.72. The van der Waals surface area contributed by atoms with Crippen LogP contribution >= 0.6 is 0 Å². The quantitative estimate of drug-likeness (QED) is 0.817. The number of benzene rings is 1. The molecule has 0 atom stereocenters. The molecule has 1 amide bonds. The van der Waals surface area contributed by atoms with E-state index in [0.29, 0.717) is 6.42 Å². The highest BCUT2D eigenvalue weighted by Crippen LogP contribution is 2.27. The molecule has 0 spiro atoms. The molecule has 1 aliphatic carbocycles. The molecule has 102 valence electrons. The second-order valence-electron chi connectivity index (χ2n) is 4.99. The maximum absolute atomic E-state index is 12.0. The van der Waals surface area contributed by atoms with Gasteiger partial charge in [-0.3, -0.25) is 9.59 Å². The van der Waals surface area contributed by atoms with E-state index in [4.69, 9.17) is 5.11 Å². The van der Waals surface area contributed by atoms with Gasteiger partial charge in [-0.15, -0.1) is 0 Å². The number of aliphatic carboxylic acids is 1. The first kappa shape index (κ1) is 13.6. The molecular formula is C15H19NO3. The number of carbonyl (C=O) groups excluding carboxylic acids is 1. The molecule has 19 heavy (non-hydrogen) atoms. The Labute approximate surface area is 113 Å². The second kappa shape index (κ2) is 6.36. The maximum Gasteiger partial charge on any atom is 0.323 e. The zero-order chi connectivity index (χ0) is 13.7. The van der Waals surface area contributed by atoms with Crippen molar-refractivity contribution in [3.8, 4) is 0 Å². The van der Waals surface area contributed by atoms with Gasteiger partial charge < -0.3 is 10.0 Å². The van der Waals surface area contributed by atoms with Gasteiger partial charge in [0.2, 0.25) is 5.91 Å². The van der Waals surface area contributed by atoms with E-state index in [2.05, 4.69) is 0 Å². The fourth-order valence-corrected chi connectivity index (χ4v) is 2.18. The lowest BCUT2D eigenvalue weighted by Gasteiger charge is -2.20. The fourth-order valence-electron chi connectivity index (χ4n) is 2.18. The average molecular weight is 261 g/mol. The zero-order valence-electron chi connectivity index (χ0n) is 10.9. The summed E-state index contributed by atoms with van der Waals surface area (Å²) in [5.41, 5.74) is 1.21. The van der Waals surface area contributed by atoms with Crippen molar-refractivity contribution >= 4 is 11.9 Å². The van der Waals surface area contributed by atoms with Gasteiger partial charge in [-0.1, -0.05) is 30.3 Å². The van der Waals surface area contributed by atoms with Crippen LogP contribution in [0.2, 0.25) is 0 Å². The summed E-state index contributed by atoms with van der Waals surface area (Å²) in [6.45, 7) is -0.158. The van der Waals surface area contributed by atoms with E-state index in [1.807, 2.05) is 30.3 Å². The molecule has 2 rings (SSSR count). The summed E-state index contributed by atoms with van der Waals surface area (Å²) in [6.07, 6.45) is 3.94. The van der Waals surface area contributed by atoms with Crippen LogP contribution in [0.1, 0.15) is 31.2 Å². The largest absolute Gasteiger partial charge is 0.480 e. The lowest BCUT2D eigenvalue weighted by Crippen LogP contribution is -2.37. The minimum absolute atomic E-state index is 0.0270. The summed E-state index contributed by atoms with van der Waals surface area (Å²) in [5.74, 6) is -0.954. The Balaban J connectivity index is 1.77. The molecule has 0 heterocycles. The number of rotatable bonds is 7. The monoisotopic (exact) mass is 261 g/mol. The molecule has 1 N–H and O–H groups in total. The lowest BCUT2D eigenvalue weighted by atomic mass is 10.1. The van der Waals surface area contributed by atoms with Crippen LogP contribution in [0.4, 0.5) is 0 Å². The van der Waals surface area contributed by atoms with Crippen LogP contribution in [0.5, 0.6) is 0 Å². The van der Waals surface area contributed by atoms with Gasteiger partial charge in [0, 0.05) is 12.5 Å². The number of aryl methyl sites for hydroxylation is 1. The molecule has 4 heteroatoms. The minimum atomic E-state index is -0.927. The molecule has 0 unspecified atom stereocenters. The summed E-state index contributed by atoms with van der Waals surface area (Å²) in [4.78, 5) is 24.3. The Kier molecular flexibility index (Phi) is 4.55. The fraction of sp³-hybridized carbons (Fsp3) is 0.467. The first-order valence-corrected chi connectivity index (χ1v) is 6.72. The van der Waals surface area contributed by atoms with E-state index in [1.165, 1.54) is 10.5 Å². The van der Waals surface area contributed by atoms with E-state index < -0.39 is 5.97 Å². The summed E-state index contributed by atoms with van der Waals surface area (Å²) in [5, 5.41) is 8.82. The van der Waals surface area contributed by atoms with Gasteiger partial charge in [0.05, 0.1) is 0 Å². The second-order valence-corrected chi connectivity index (χ2v) is 4.99. The predicted octanol–water partition coefficient (Wildman–Crippen LogP) is 2.08. The molecule has 0 aromatic heterocycles. The minimum Gasteiger partial charge on any atom is -0.480 e. The number of carboxylic acid groups (broad SMARTS) is 1. The standard InChI is InChI=1S/C15H19NO3/c17-14(16(11-15(18)19)13-9-10-13)8-4-7-12-5-2-1-3-6-12/h1-3,5-6,13H,4,7-11H2,(H,18,19). The molecule has 1 aromatic rings. The molecule has 0 bridgehead atoms. The van der Waals surface area contributed by atoms with E-state index in [1.54, 1.807) is 0 Å². The van der Waals surface area contributed by atoms with Gasteiger partial charge in [0.15, 0.2) is 0 Å². The molecule has 4 nitrogen and oxygen atoms in total. The van der Waals surface area contributed by atoms with Gasteiger partial charge in [-0.2, -0.15) is 0 Å². The maximum atomic E-state index is 12.0. The normalized spacial score (nSPS) is 14.1. The zero-order valence-corrected chi connectivity index (χ0v) is 10.9. The molecule has 1 saturated carbocycles. The van der Waals surface area contributed by atoms with Crippen molar-refractivity contribution in [3.05, 3.63) is 35.9 Å². The van der Waals surface area contributed by atoms with Crippen molar-refractivity contribution in [1.29, 1.82) is 0 Å². The molecular weight excluding hydrogens is 242 g/mol. The average Bonchev–Trinajstić information content (AvgIpc) is 3.21. The van der Waals surface area contributed by atoms with Crippen molar-refractivity contribution < 1.29 is 14.7 Å². The van der Waals surface area contributed by atoms with Crippen LogP contribution in [-0.2, 0) is 16.0 Å². The molecule has 0 radical (unpaired) electrons. The van der Waals surface area contributed by atoms with Crippen LogP contribution in [0.15, 0.2) is 30.3 Å². The topological polar surface area (TPSA) is 57.6 Å². The number of nitrogens with zero attached hydrogens (tertiary/aromatic N) is 1. The van der Waals surface area contributed by atoms with E-state index >= 15 is 0 Å². The third kappa shape index (κ3) is 4.39. The summed E-state index contributed by atoms with van der Waals surface area (Å²) in [6, 6.07) is 10.2. The van der Waals surface area contributed by atoms with Crippen LogP contribution < -0.4 is 0 Å². The first-order chi connectivity index (χ1) is 9.16. The molecule has 0 aliphatic heterocycles. The highest BCUT2D eigenvalue weighted by atomic mass is 16.4. The van der Waals surface area contributed by atoms with Gasteiger partial charge in [-0.25, -0.2) is 0 Å². The van der Waals surface area contributed by atoms with Crippen LogP contribution in [0.25, 0.3) is 0 Å². The van der Waals surface area contributed by atoms with E-state index in [0.717, 1.165) is 25.7 Å². The van der Waals surface area contributed by atoms with Gasteiger partial charge in [0.1, 0.15) is 6.54 Å². The van der Waals surface area contributed by atoms with E-state index in [-0.39, 0.29) is 18.5 Å². The number of hydrogen-bond acceptors (Lipinski definition) is 2. The Bertz CT molecular complexity index is 440. The SMILES string of the molecule is O=C(O)CN(C(=O)CCCc1ccccc1)C1CC1. The smallest absolute Gasteiger partial charge is 0.323 e. The van der Waals surface area contributed by atoms with Gasteiger partial charge in [0.25, 0.3) is 0 Å². The number of carboxylic acids is 1. The van der Waals surface area contributed by atoms with Gasteiger partial charge >= 0.3 is 5.97 Å². The van der Waals surface area contributed by atoms with Gasteiger partial charge in [-0.05, 0) is 31.2 Å². The molecule has 1 fully saturated rings. The summed E-state index contributed by atoms with van der Waals surface area (Å²) >= 11 is 0. The summed E-state index contributed by atoms with van der Waals surface area (Å²) < 4.78 is 0. The van der Waals surface area contributed by atoms with Crippen molar-refractivity contribution in [3.63, 3.8) is 0 Å². The molecule has 1 aromatic carbocycles. The highest BCUT2D eigenvalue weighted by molar-refractivity contribution is 5.81. The lowest BCUT2D eigenvalue weighted by molar-refractivity contribution is -0.144. The Morgan fingerprint density at radius 3 is 2.47 bits per heavy atom. The Hall–Kier alpha value is -1.84.